The molecule has 8 nitrogen and oxygen atoms in total. The van der Waals surface area contributed by atoms with Crippen LogP contribution in [0.25, 0.3) is 0 Å². The molecule has 0 radical (unpaired) electrons. The lowest BCUT2D eigenvalue weighted by molar-refractivity contribution is 0.0926. The number of furan rings is 2. The number of rotatable bonds is 6. The number of hydrazone groups is 1. The van der Waals surface area contributed by atoms with E-state index in [-0.39, 0.29) is 17.4 Å². The molecule has 0 unspecified atom stereocenters. The zero-order valence-electron chi connectivity index (χ0n) is 17.4. The highest BCUT2D eigenvalue weighted by molar-refractivity contribution is 6.09. The third-order valence-corrected chi connectivity index (χ3v) is 5.00. The van der Waals surface area contributed by atoms with Gasteiger partial charge < -0.3 is 18.9 Å². The number of ether oxygens (including phenoxy) is 1. The summed E-state index contributed by atoms with van der Waals surface area (Å²) < 4.78 is 16.6. The summed E-state index contributed by atoms with van der Waals surface area (Å²) in [5.41, 5.74) is 5.23. The lowest BCUT2D eigenvalue weighted by Gasteiger charge is -2.13. The average molecular weight is 421 g/mol. The molecule has 1 aliphatic carbocycles. The molecule has 8 heteroatoms. The second-order valence-electron chi connectivity index (χ2n) is 7.07. The predicted octanol–water partition coefficient (Wildman–Crippen LogP) is 4.30. The number of nitrogens with zero attached hydrogens (tertiary/aromatic N) is 1. The Balaban J connectivity index is 1.57. The standard InChI is InChI=1S/C23H23N3O5/c1-3-29-17-10-5-4-8-15(17)24-23(28)21-14(2)20-16(9-6-11-18(20)31-21)25-26-22(27)19-12-7-13-30-19/h4-5,7-8,10,12-13H,3,6,9,11H2,1-2H3,(H,24,28)(H,26,27)/b25-16+. The SMILES string of the molecule is CCOc1ccccc1NC(=O)c1oc2c(c1C)/C(=N/NC(=O)c1ccco1)CCC2. The average Bonchev–Trinajstić information content (AvgIpc) is 3.42. The highest BCUT2D eigenvalue weighted by Crippen LogP contribution is 2.31. The van der Waals surface area contributed by atoms with Crippen LogP contribution in [0.15, 0.2) is 56.6 Å². The van der Waals surface area contributed by atoms with E-state index in [0.29, 0.717) is 47.9 Å². The van der Waals surface area contributed by atoms with Crippen LogP contribution in [0.1, 0.15) is 57.8 Å². The lowest BCUT2D eigenvalue weighted by Crippen LogP contribution is -2.21. The normalized spacial score (nSPS) is 14.2. The molecule has 2 amide bonds. The molecule has 0 spiro atoms. The third-order valence-electron chi connectivity index (χ3n) is 5.00. The van der Waals surface area contributed by atoms with Gasteiger partial charge in [-0.05, 0) is 51.0 Å². The minimum atomic E-state index is -0.434. The summed E-state index contributed by atoms with van der Waals surface area (Å²) in [4.78, 5) is 25.1. The van der Waals surface area contributed by atoms with Gasteiger partial charge in [-0.1, -0.05) is 12.1 Å². The zero-order chi connectivity index (χ0) is 21.8. The molecule has 3 aromatic rings. The summed E-state index contributed by atoms with van der Waals surface area (Å²) in [6, 6.07) is 10.4. The maximum atomic E-state index is 13.0. The number of fused-ring (bicyclic) bond motifs is 1. The molecular weight excluding hydrogens is 398 g/mol. The van der Waals surface area contributed by atoms with E-state index in [1.165, 1.54) is 6.26 Å². The van der Waals surface area contributed by atoms with Gasteiger partial charge in [-0.15, -0.1) is 0 Å². The van der Waals surface area contributed by atoms with Crippen LogP contribution in [-0.2, 0) is 6.42 Å². The van der Waals surface area contributed by atoms with Crippen molar-refractivity contribution in [1.29, 1.82) is 0 Å². The van der Waals surface area contributed by atoms with Crippen molar-refractivity contribution < 1.29 is 23.2 Å². The van der Waals surface area contributed by atoms with Gasteiger partial charge >= 0.3 is 5.91 Å². The first-order valence-corrected chi connectivity index (χ1v) is 10.1. The number of anilines is 1. The Morgan fingerprint density at radius 2 is 1.97 bits per heavy atom. The molecule has 0 atom stereocenters. The minimum absolute atomic E-state index is 0.178. The van der Waals surface area contributed by atoms with Gasteiger partial charge in [0, 0.05) is 17.5 Å². The number of amides is 2. The van der Waals surface area contributed by atoms with Crippen molar-refractivity contribution in [2.24, 2.45) is 5.10 Å². The highest BCUT2D eigenvalue weighted by Gasteiger charge is 2.28. The monoisotopic (exact) mass is 421 g/mol. The maximum Gasteiger partial charge on any atom is 0.307 e. The molecule has 1 aromatic carbocycles. The summed E-state index contributed by atoms with van der Waals surface area (Å²) >= 11 is 0. The van der Waals surface area contributed by atoms with Gasteiger partial charge in [0.1, 0.15) is 11.5 Å². The lowest BCUT2D eigenvalue weighted by atomic mass is 9.93. The maximum absolute atomic E-state index is 13.0. The number of para-hydroxylation sites is 2. The fourth-order valence-electron chi connectivity index (χ4n) is 3.61. The minimum Gasteiger partial charge on any atom is -0.492 e. The molecule has 1 aliphatic rings. The summed E-state index contributed by atoms with van der Waals surface area (Å²) in [5.74, 6) is 0.892. The summed E-state index contributed by atoms with van der Waals surface area (Å²) in [6.07, 6.45) is 3.60. The van der Waals surface area contributed by atoms with E-state index in [0.717, 1.165) is 12.0 Å². The number of carbonyl (C=O) groups excluding carboxylic acids is 2. The van der Waals surface area contributed by atoms with E-state index >= 15 is 0 Å². The second kappa shape index (κ2) is 8.91. The third kappa shape index (κ3) is 4.23. The smallest absolute Gasteiger partial charge is 0.307 e. The number of nitrogens with one attached hydrogen (secondary N) is 2. The summed E-state index contributed by atoms with van der Waals surface area (Å²) in [6.45, 7) is 4.19. The van der Waals surface area contributed by atoms with E-state index < -0.39 is 5.91 Å². The van der Waals surface area contributed by atoms with E-state index in [4.69, 9.17) is 13.6 Å². The molecule has 0 aliphatic heterocycles. The van der Waals surface area contributed by atoms with Crippen LogP contribution in [0.3, 0.4) is 0 Å². The zero-order valence-corrected chi connectivity index (χ0v) is 17.4. The van der Waals surface area contributed by atoms with Gasteiger partial charge in [0.25, 0.3) is 5.91 Å². The van der Waals surface area contributed by atoms with E-state index in [9.17, 15) is 9.59 Å². The number of hydrogen-bond donors (Lipinski definition) is 2. The first kappa shape index (κ1) is 20.5. The van der Waals surface area contributed by atoms with Crippen LogP contribution in [0.4, 0.5) is 5.69 Å². The van der Waals surface area contributed by atoms with Crippen LogP contribution in [0.5, 0.6) is 5.75 Å². The van der Waals surface area contributed by atoms with E-state index in [1.54, 1.807) is 24.3 Å². The number of benzene rings is 1. The summed E-state index contributed by atoms with van der Waals surface area (Å²) in [7, 11) is 0. The fourth-order valence-corrected chi connectivity index (χ4v) is 3.61. The predicted molar refractivity (Wildman–Crippen MR) is 115 cm³/mol. The van der Waals surface area contributed by atoms with Gasteiger partial charge in [-0.2, -0.15) is 5.10 Å². The molecule has 160 valence electrons. The Bertz CT molecular complexity index is 1130. The molecule has 0 fully saturated rings. The molecule has 2 N–H and O–H groups in total. The Morgan fingerprint density at radius 1 is 1.13 bits per heavy atom. The van der Waals surface area contributed by atoms with Crippen LogP contribution in [0.2, 0.25) is 0 Å². The van der Waals surface area contributed by atoms with Crippen molar-refractivity contribution in [2.45, 2.75) is 33.1 Å². The van der Waals surface area contributed by atoms with Gasteiger partial charge in [0.05, 0.1) is 24.3 Å². The highest BCUT2D eigenvalue weighted by atomic mass is 16.5. The van der Waals surface area contributed by atoms with Crippen LogP contribution < -0.4 is 15.5 Å². The Morgan fingerprint density at radius 3 is 2.74 bits per heavy atom. The Kier molecular flexibility index (Phi) is 5.88. The van der Waals surface area contributed by atoms with Crippen molar-refractivity contribution >= 4 is 23.2 Å². The molecule has 4 rings (SSSR count). The summed E-state index contributed by atoms with van der Waals surface area (Å²) in [5, 5.41) is 7.15. The van der Waals surface area contributed by atoms with Crippen LogP contribution in [-0.4, -0.2) is 24.1 Å². The van der Waals surface area contributed by atoms with E-state index in [2.05, 4.69) is 15.8 Å². The first-order valence-electron chi connectivity index (χ1n) is 10.1. The second-order valence-corrected chi connectivity index (χ2v) is 7.07. The molecule has 0 saturated heterocycles. The first-order chi connectivity index (χ1) is 15.1. The molecule has 2 aromatic heterocycles. The number of hydrogen-bond acceptors (Lipinski definition) is 6. The van der Waals surface area contributed by atoms with Crippen molar-refractivity contribution in [3.8, 4) is 5.75 Å². The fraction of sp³-hybridized carbons (Fsp3) is 0.261. The van der Waals surface area contributed by atoms with Crippen molar-refractivity contribution in [1.82, 2.24) is 5.43 Å². The number of aryl methyl sites for hydroxylation is 1. The van der Waals surface area contributed by atoms with Gasteiger partial charge in [-0.25, -0.2) is 5.43 Å². The molecule has 31 heavy (non-hydrogen) atoms. The van der Waals surface area contributed by atoms with Crippen molar-refractivity contribution in [3.05, 3.63) is 71.1 Å². The van der Waals surface area contributed by atoms with Gasteiger partial charge in [-0.3, -0.25) is 9.59 Å². The Hall–Kier alpha value is -3.81. The quantitative estimate of drug-likeness (QED) is 0.577. The van der Waals surface area contributed by atoms with Crippen LogP contribution in [0, 0.1) is 6.92 Å². The van der Waals surface area contributed by atoms with Crippen molar-refractivity contribution in [2.75, 3.05) is 11.9 Å². The Labute approximate surface area is 179 Å². The van der Waals surface area contributed by atoms with E-state index in [1.807, 2.05) is 26.0 Å². The molecule has 0 saturated carbocycles. The van der Waals surface area contributed by atoms with Crippen molar-refractivity contribution in [3.63, 3.8) is 0 Å². The van der Waals surface area contributed by atoms with Gasteiger partial charge in [0.2, 0.25) is 0 Å². The molecule has 2 heterocycles. The number of carbonyl (C=O) groups is 2. The molecule has 0 bridgehead atoms. The van der Waals surface area contributed by atoms with Crippen LogP contribution >= 0.6 is 0 Å². The largest absolute Gasteiger partial charge is 0.492 e. The van der Waals surface area contributed by atoms with Gasteiger partial charge in [0.15, 0.2) is 11.5 Å². The topological polar surface area (TPSA) is 106 Å². The molecular formula is C23H23N3O5.